The van der Waals surface area contributed by atoms with Crippen LogP contribution in [-0.4, -0.2) is 26.8 Å². The van der Waals surface area contributed by atoms with Gasteiger partial charge < -0.3 is 4.98 Å². The van der Waals surface area contributed by atoms with E-state index in [4.69, 9.17) is 0 Å². The molecule has 1 aliphatic heterocycles. The number of hydrogen-bond acceptors (Lipinski definition) is 4. The van der Waals surface area contributed by atoms with Gasteiger partial charge in [-0.25, -0.2) is 5.06 Å². The molecule has 25 heavy (non-hydrogen) atoms. The highest BCUT2D eigenvalue weighted by Crippen LogP contribution is 2.35. The monoisotopic (exact) mass is 332 g/mol. The molecule has 2 N–H and O–H groups in total. The highest BCUT2D eigenvalue weighted by molar-refractivity contribution is 6.09. The number of para-hydroxylation sites is 1. The molecule has 0 saturated carbocycles. The number of hydrogen-bond donors (Lipinski definition) is 2. The van der Waals surface area contributed by atoms with E-state index in [-0.39, 0.29) is 0 Å². The Morgan fingerprint density at radius 2 is 1.76 bits per heavy atom. The molecule has 1 atom stereocenters. The van der Waals surface area contributed by atoms with Crippen molar-refractivity contribution in [2.75, 3.05) is 0 Å². The molecule has 1 aliphatic rings. The number of nitrogens with one attached hydrogen (secondary N) is 1. The molecule has 5 nitrogen and oxygen atoms in total. The number of benzene rings is 2. The minimum atomic E-state index is -0.397. The van der Waals surface area contributed by atoms with Gasteiger partial charge in [0.05, 0.1) is 0 Å². The molecule has 0 amide bonds. The third-order valence-electron chi connectivity index (χ3n) is 4.64. The molecule has 126 valence electrons. The number of aromatic amines is 1. The van der Waals surface area contributed by atoms with Gasteiger partial charge in [-0.05, 0) is 13.0 Å². The molecule has 0 bridgehead atoms. The Kier molecular flexibility index (Phi) is 3.86. The molecule has 0 spiro atoms. The minimum Gasteiger partial charge on any atom is -0.358 e. The van der Waals surface area contributed by atoms with E-state index in [0.29, 0.717) is 12.3 Å². The first-order chi connectivity index (χ1) is 12.2. The first-order valence-electron chi connectivity index (χ1n) is 8.46. The standard InChI is InChI=1S/C20H20N4O/c1-3-17-22-23-19(14-9-5-4-6-10-14)20(24(17)25)18-13(2)21-16-12-8-7-11-15(16)18/h4-12,20-21,25H,3H2,1-2H3. The number of aromatic nitrogens is 1. The van der Waals surface area contributed by atoms with Crippen LogP contribution in [0.25, 0.3) is 10.9 Å². The van der Waals surface area contributed by atoms with Crippen molar-refractivity contribution in [1.82, 2.24) is 10.0 Å². The Hall–Kier alpha value is -2.92. The number of aryl methyl sites for hydroxylation is 1. The predicted octanol–water partition coefficient (Wildman–Crippen LogP) is 4.44. The summed E-state index contributed by atoms with van der Waals surface area (Å²) in [6, 6.07) is 17.6. The average molecular weight is 332 g/mol. The summed E-state index contributed by atoms with van der Waals surface area (Å²) in [4.78, 5) is 3.42. The maximum Gasteiger partial charge on any atom is 0.152 e. The molecular formula is C20H20N4O. The van der Waals surface area contributed by atoms with Gasteiger partial charge in [-0.15, -0.1) is 5.10 Å². The van der Waals surface area contributed by atoms with Crippen LogP contribution in [0.4, 0.5) is 0 Å². The molecule has 0 aliphatic carbocycles. The molecule has 2 heterocycles. The zero-order chi connectivity index (χ0) is 17.4. The summed E-state index contributed by atoms with van der Waals surface area (Å²) in [5.74, 6) is 0.564. The van der Waals surface area contributed by atoms with Crippen molar-refractivity contribution in [2.45, 2.75) is 26.3 Å². The molecule has 0 radical (unpaired) electrons. The quantitative estimate of drug-likeness (QED) is 0.745. The number of hydroxylamine groups is 2. The highest BCUT2D eigenvalue weighted by Gasteiger charge is 2.34. The van der Waals surface area contributed by atoms with Gasteiger partial charge in [0.25, 0.3) is 0 Å². The Balaban J connectivity index is 1.94. The van der Waals surface area contributed by atoms with Gasteiger partial charge in [0.15, 0.2) is 5.84 Å². The zero-order valence-corrected chi connectivity index (χ0v) is 14.3. The lowest BCUT2D eigenvalue weighted by atomic mass is 9.93. The number of amidine groups is 1. The third kappa shape index (κ3) is 2.53. The van der Waals surface area contributed by atoms with E-state index in [0.717, 1.165) is 33.4 Å². The van der Waals surface area contributed by atoms with E-state index in [1.807, 2.05) is 62.4 Å². The van der Waals surface area contributed by atoms with Crippen LogP contribution in [0.2, 0.25) is 0 Å². The molecule has 5 heteroatoms. The van der Waals surface area contributed by atoms with E-state index in [1.54, 1.807) is 0 Å². The summed E-state index contributed by atoms with van der Waals surface area (Å²) in [7, 11) is 0. The molecule has 3 aromatic rings. The normalized spacial score (nSPS) is 17.6. The van der Waals surface area contributed by atoms with Gasteiger partial charge in [-0.1, -0.05) is 55.5 Å². The summed E-state index contributed by atoms with van der Waals surface area (Å²) in [5.41, 5.74) is 4.80. The van der Waals surface area contributed by atoms with E-state index in [1.165, 1.54) is 5.06 Å². The highest BCUT2D eigenvalue weighted by atomic mass is 16.5. The van der Waals surface area contributed by atoms with E-state index < -0.39 is 6.04 Å². The molecule has 0 fully saturated rings. The topological polar surface area (TPSA) is 64.0 Å². The lowest BCUT2D eigenvalue weighted by molar-refractivity contribution is -0.0373. The summed E-state index contributed by atoms with van der Waals surface area (Å²) >= 11 is 0. The van der Waals surface area contributed by atoms with Crippen molar-refractivity contribution in [1.29, 1.82) is 0 Å². The number of fused-ring (bicyclic) bond motifs is 1. The lowest BCUT2D eigenvalue weighted by Crippen LogP contribution is -2.39. The number of nitrogens with zero attached hydrogens (tertiary/aromatic N) is 3. The van der Waals surface area contributed by atoms with Crippen molar-refractivity contribution >= 4 is 22.5 Å². The van der Waals surface area contributed by atoms with Crippen molar-refractivity contribution < 1.29 is 5.21 Å². The first-order valence-corrected chi connectivity index (χ1v) is 8.46. The van der Waals surface area contributed by atoms with Crippen molar-refractivity contribution in [2.24, 2.45) is 10.2 Å². The van der Waals surface area contributed by atoms with Crippen molar-refractivity contribution in [3.63, 3.8) is 0 Å². The van der Waals surface area contributed by atoms with Crippen LogP contribution in [0.3, 0.4) is 0 Å². The predicted molar refractivity (Wildman–Crippen MR) is 100 cm³/mol. The molecule has 2 aromatic carbocycles. The van der Waals surface area contributed by atoms with Gasteiger partial charge in [-0.2, -0.15) is 5.10 Å². The van der Waals surface area contributed by atoms with E-state index in [2.05, 4.69) is 21.3 Å². The van der Waals surface area contributed by atoms with Crippen LogP contribution >= 0.6 is 0 Å². The average Bonchev–Trinajstić information content (AvgIpc) is 2.98. The fraction of sp³-hybridized carbons (Fsp3) is 0.200. The Labute approximate surface area is 146 Å². The summed E-state index contributed by atoms with van der Waals surface area (Å²) < 4.78 is 0. The molecule has 0 saturated heterocycles. The lowest BCUT2D eigenvalue weighted by Gasteiger charge is -2.32. The van der Waals surface area contributed by atoms with Crippen LogP contribution in [-0.2, 0) is 0 Å². The second kappa shape index (κ2) is 6.18. The second-order valence-electron chi connectivity index (χ2n) is 6.18. The number of H-pyrrole nitrogens is 1. The molecule has 1 aromatic heterocycles. The van der Waals surface area contributed by atoms with Crippen LogP contribution in [0, 0.1) is 6.92 Å². The smallest absolute Gasteiger partial charge is 0.152 e. The van der Waals surface area contributed by atoms with Crippen LogP contribution in [0.15, 0.2) is 64.8 Å². The fourth-order valence-corrected chi connectivity index (χ4v) is 3.44. The maximum atomic E-state index is 10.9. The molecular weight excluding hydrogens is 312 g/mol. The largest absolute Gasteiger partial charge is 0.358 e. The summed E-state index contributed by atoms with van der Waals surface area (Å²) in [5, 5.41) is 22.0. The van der Waals surface area contributed by atoms with E-state index in [9.17, 15) is 5.21 Å². The third-order valence-corrected chi connectivity index (χ3v) is 4.64. The first kappa shape index (κ1) is 15.6. The summed E-state index contributed by atoms with van der Waals surface area (Å²) in [6.07, 6.45) is 0.611. The SMILES string of the molecule is CCC1=NN=C(c2ccccc2)C(c2c(C)[nH]c3ccccc23)N1O. The van der Waals surface area contributed by atoms with Gasteiger partial charge >= 0.3 is 0 Å². The second-order valence-corrected chi connectivity index (χ2v) is 6.18. The molecule has 4 rings (SSSR count). The van der Waals surface area contributed by atoms with Gasteiger partial charge in [0, 0.05) is 34.1 Å². The number of rotatable bonds is 3. The van der Waals surface area contributed by atoms with Crippen LogP contribution in [0.1, 0.15) is 36.2 Å². The van der Waals surface area contributed by atoms with Crippen molar-refractivity contribution in [3.05, 3.63) is 71.4 Å². The van der Waals surface area contributed by atoms with Crippen molar-refractivity contribution in [3.8, 4) is 0 Å². The summed E-state index contributed by atoms with van der Waals surface area (Å²) in [6.45, 7) is 3.99. The Morgan fingerprint density at radius 1 is 1.04 bits per heavy atom. The van der Waals surface area contributed by atoms with Gasteiger partial charge in [-0.3, -0.25) is 5.21 Å². The Morgan fingerprint density at radius 3 is 2.52 bits per heavy atom. The zero-order valence-electron chi connectivity index (χ0n) is 14.3. The minimum absolute atomic E-state index is 0.397. The van der Waals surface area contributed by atoms with Gasteiger partial charge in [0.2, 0.25) is 0 Å². The van der Waals surface area contributed by atoms with E-state index >= 15 is 0 Å². The Bertz CT molecular complexity index is 972. The van der Waals surface area contributed by atoms with Crippen LogP contribution in [0.5, 0.6) is 0 Å². The fourth-order valence-electron chi connectivity index (χ4n) is 3.44. The van der Waals surface area contributed by atoms with Crippen LogP contribution < -0.4 is 0 Å². The van der Waals surface area contributed by atoms with Gasteiger partial charge in [0.1, 0.15) is 11.8 Å². The molecule has 1 unspecified atom stereocenters. The maximum absolute atomic E-state index is 10.9.